The van der Waals surface area contributed by atoms with Crippen LogP contribution in [0.3, 0.4) is 0 Å². The maximum atomic E-state index is 12.5. The average Bonchev–Trinajstić information content (AvgIpc) is 2.83. The van der Waals surface area contributed by atoms with Gasteiger partial charge >= 0.3 is 0 Å². The quantitative estimate of drug-likeness (QED) is 0.283. The maximum absolute atomic E-state index is 12.5. The number of piperidine rings is 2. The van der Waals surface area contributed by atoms with Crippen LogP contribution in [0.15, 0.2) is 24.3 Å². The first-order chi connectivity index (χ1) is 14.7. The molecule has 2 aliphatic heterocycles. The average molecular weight is 524 g/mol. The molecule has 1 aromatic carbocycles. The summed E-state index contributed by atoms with van der Waals surface area (Å²) in [6.45, 7) is 3.77. The Morgan fingerprint density at radius 3 is 1.86 bits per heavy atom. The van der Waals surface area contributed by atoms with E-state index in [2.05, 4.69) is 30.6 Å². The van der Waals surface area contributed by atoms with E-state index in [0.29, 0.717) is 29.2 Å². The number of hydrogen-bond donors (Lipinski definition) is 6. The molecule has 2 saturated heterocycles. The molecule has 14 N–H and O–H groups in total. The molecule has 0 radical (unpaired) electrons. The third kappa shape index (κ3) is 8.96. The van der Waals surface area contributed by atoms with Crippen molar-refractivity contribution in [2.75, 3.05) is 48.5 Å². The van der Waals surface area contributed by atoms with Gasteiger partial charge in [-0.3, -0.25) is 15.6 Å². The molecule has 0 spiro atoms. The maximum Gasteiger partial charge on any atom is 0.269 e. The van der Waals surface area contributed by atoms with Gasteiger partial charge in [-0.15, -0.1) is 12.4 Å². The van der Waals surface area contributed by atoms with Gasteiger partial charge in [0.05, 0.1) is 7.11 Å². The fourth-order valence-corrected chi connectivity index (χ4v) is 3.83. The van der Waals surface area contributed by atoms with Crippen LogP contribution in [-0.2, 0) is 0 Å². The van der Waals surface area contributed by atoms with Crippen LogP contribution in [0.2, 0.25) is 0 Å². The molecule has 1 amide bonds. The molecule has 13 nitrogen and oxygen atoms in total. The van der Waals surface area contributed by atoms with Crippen molar-refractivity contribution in [3.8, 4) is 5.75 Å². The summed E-state index contributed by atoms with van der Waals surface area (Å²) in [5.74, 6) is 2.03. The highest BCUT2D eigenvalue weighted by atomic mass is 35.5. The molecule has 3 heterocycles. The number of carbonyl (C=O) groups is 1. The zero-order chi connectivity index (χ0) is 20.8. The summed E-state index contributed by atoms with van der Waals surface area (Å²) in [5.41, 5.74) is 6.07. The van der Waals surface area contributed by atoms with Crippen molar-refractivity contribution < 1.29 is 15.2 Å². The molecule has 2 fully saturated rings. The molecule has 2 aliphatic rings. The molecule has 0 saturated carbocycles. The summed E-state index contributed by atoms with van der Waals surface area (Å²) < 4.78 is 5.19. The van der Waals surface area contributed by atoms with Crippen molar-refractivity contribution in [1.29, 1.82) is 0 Å². The third-order valence-corrected chi connectivity index (χ3v) is 5.51. The first-order valence-corrected chi connectivity index (χ1v) is 10.7. The molecule has 2 aromatic rings. The van der Waals surface area contributed by atoms with E-state index in [1.165, 1.54) is 12.8 Å². The summed E-state index contributed by atoms with van der Waals surface area (Å²) in [5, 5.41) is 0. The second-order valence-corrected chi connectivity index (χ2v) is 7.67. The van der Waals surface area contributed by atoms with Gasteiger partial charge in [-0.2, -0.15) is 15.0 Å². The van der Waals surface area contributed by atoms with Crippen molar-refractivity contribution in [3.05, 3.63) is 29.8 Å². The molecule has 0 atom stereocenters. The lowest BCUT2D eigenvalue weighted by molar-refractivity contribution is 0.0962. The predicted molar refractivity (Wildman–Crippen MR) is 152 cm³/mol. The zero-order valence-electron chi connectivity index (χ0n) is 20.7. The van der Waals surface area contributed by atoms with Gasteiger partial charge in [-0.25, -0.2) is 0 Å². The van der Waals surface area contributed by atoms with Crippen LogP contribution in [0.1, 0.15) is 54.6 Å². The summed E-state index contributed by atoms with van der Waals surface area (Å²) in [7, 11) is 1.57. The predicted octanol–water partition coefficient (Wildman–Crippen LogP) is 4.67. The Morgan fingerprint density at radius 1 is 0.857 bits per heavy atom. The van der Waals surface area contributed by atoms with Gasteiger partial charge in [0.1, 0.15) is 5.75 Å². The number of hydrazine groups is 1. The molecule has 14 heteroatoms. The van der Waals surface area contributed by atoms with Gasteiger partial charge in [0.25, 0.3) is 5.91 Å². The Hall–Kier alpha value is -2.97. The number of hydrogen-bond acceptors (Lipinski definition) is 12. The summed E-state index contributed by atoms with van der Waals surface area (Å²) in [6.07, 6.45) is 7.03. The van der Waals surface area contributed by atoms with Crippen LogP contribution < -0.4 is 50.0 Å². The van der Waals surface area contributed by atoms with E-state index in [0.717, 1.165) is 51.9 Å². The van der Waals surface area contributed by atoms with E-state index < -0.39 is 0 Å². The zero-order valence-corrected chi connectivity index (χ0v) is 21.5. The number of aromatic nitrogens is 3. The number of nitrogens with zero attached hydrogens (tertiary/aromatic N) is 5. The molecule has 208 valence electrons. The lowest BCUT2D eigenvalue weighted by atomic mass is 10.1. The van der Waals surface area contributed by atoms with Gasteiger partial charge in [-0.05, 0) is 56.7 Å². The van der Waals surface area contributed by atoms with E-state index in [9.17, 15) is 4.79 Å². The summed E-state index contributed by atoms with van der Waals surface area (Å²) >= 11 is 0. The van der Waals surface area contributed by atoms with E-state index in [-0.39, 0.29) is 48.6 Å². The van der Waals surface area contributed by atoms with Crippen LogP contribution in [0, 0.1) is 0 Å². The Kier molecular flexibility index (Phi) is 16.2. The van der Waals surface area contributed by atoms with Gasteiger partial charge in [0.2, 0.25) is 17.8 Å². The van der Waals surface area contributed by atoms with Gasteiger partial charge in [0, 0.05) is 37.4 Å². The second-order valence-electron chi connectivity index (χ2n) is 7.67. The Morgan fingerprint density at radius 2 is 1.37 bits per heavy atom. The number of halogens is 1. The van der Waals surface area contributed by atoms with Crippen molar-refractivity contribution in [1.82, 2.24) is 45.0 Å². The number of anilines is 3. The largest absolute Gasteiger partial charge is 0.497 e. The summed E-state index contributed by atoms with van der Waals surface area (Å²) in [6, 6.07) is 6.99. The number of carbonyl (C=O) groups excluding carboxylic acids is 1. The molecule has 1 aromatic heterocycles. The molecular weight excluding hydrogens is 474 g/mol. The standard InChI is InChI=1S/C21H29N7O2.ClH.4H3N.4H2/c1-30-17-10-8-9-16(15-17)18(29)25-26-19-22-20(27-11-4-2-5-12-27)24-21(23-19)28-13-6-3-7-14-28;;;;;;;;;/h8-10,15H,2-7,11-14H2,1H3,(H,25,29)(H,22,23,24,26);1H;4*1H3;4*1H. The Labute approximate surface area is 219 Å². The highest BCUT2D eigenvalue weighted by molar-refractivity contribution is 5.95. The number of benzene rings is 1. The van der Waals surface area contributed by atoms with Gasteiger partial charge in [0.15, 0.2) is 0 Å². The fourth-order valence-electron chi connectivity index (χ4n) is 3.83. The van der Waals surface area contributed by atoms with Crippen molar-refractivity contribution in [2.45, 2.75) is 38.5 Å². The minimum atomic E-state index is -0.284. The van der Waals surface area contributed by atoms with Gasteiger partial charge < -0.3 is 39.1 Å². The number of nitrogens with one attached hydrogen (secondary N) is 2. The van der Waals surface area contributed by atoms with Crippen molar-refractivity contribution >= 4 is 36.2 Å². The number of methoxy groups -OCH3 is 1. The lowest BCUT2D eigenvalue weighted by Gasteiger charge is -2.30. The minimum absolute atomic E-state index is 0. The lowest BCUT2D eigenvalue weighted by Crippen LogP contribution is -2.36. The van der Waals surface area contributed by atoms with Crippen LogP contribution in [0.25, 0.3) is 0 Å². The molecular formula is C21H50ClN11O2. The van der Waals surface area contributed by atoms with E-state index in [4.69, 9.17) is 9.72 Å². The summed E-state index contributed by atoms with van der Waals surface area (Å²) in [4.78, 5) is 30.8. The molecule has 35 heavy (non-hydrogen) atoms. The topological polar surface area (TPSA) is 236 Å². The first-order valence-electron chi connectivity index (χ1n) is 10.7. The molecule has 0 bridgehead atoms. The number of rotatable bonds is 6. The SMILES string of the molecule is COc1cccc(C(=O)NNc2nc(N3CCCCC3)nc(N3CCCCC3)n2)c1.Cl.N.N.N.N.[HH].[HH].[HH].[HH]. The second kappa shape index (κ2) is 16.6. The normalized spacial score (nSPS) is 14.4. The van der Waals surface area contributed by atoms with E-state index in [1.54, 1.807) is 31.4 Å². The van der Waals surface area contributed by atoms with E-state index >= 15 is 0 Å². The number of ether oxygens (including phenoxy) is 1. The fraction of sp³-hybridized carbons (Fsp3) is 0.524. The Balaban J connectivity index is -0.000000302. The van der Waals surface area contributed by atoms with Crippen molar-refractivity contribution in [2.24, 2.45) is 0 Å². The smallest absolute Gasteiger partial charge is 0.269 e. The minimum Gasteiger partial charge on any atom is -0.497 e. The van der Waals surface area contributed by atoms with Crippen molar-refractivity contribution in [3.63, 3.8) is 0 Å². The van der Waals surface area contributed by atoms with Gasteiger partial charge in [-0.1, -0.05) is 6.07 Å². The first kappa shape index (κ1) is 34.2. The highest BCUT2D eigenvalue weighted by Crippen LogP contribution is 2.22. The Bertz CT molecular complexity index is 860. The molecule has 0 aliphatic carbocycles. The van der Waals surface area contributed by atoms with Crippen LogP contribution in [0.4, 0.5) is 17.8 Å². The monoisotopic (exact) mass is 523 g/mol. The van der Waals surface area contributed by atoms with Crippen LogP contribution in [0.5, 0.6) is 5.75 Å². The molecule has 4 rings (SSSR count). The van der Waals surface area contributed by atoms with Crippen LogP contribution in [-0.4, -0.2) is 54.1 Å². The van der Waals surface area contributed by atoms with Crippen LogP contribution >= 0.6 is 12.4 Å². The third-order valence-electron chi connectivity index (χ3n) is 5.51. The number of amides is 1. The van der Waals surface area contributed by atoms with E-state index in [1.807, 2.05) is 0 Å². The molecule has 0 unspecified atom stereocenters. The highest BCUT2D eigenvalue weighted by Gasteiger charge is 2.20.